The molecule has 2 amide bonds. The lowest BCUT2D eigenvalue weighted by Crippen LogP contribution is -2.55. The van der Waals surface area contributed by atoms with E-state index in [1.165, 1.54) is 41.3 Å². The highest BCUT2D eigenvalue weighted by Gasteiger charge is 2.36. The second kappa shape index (κ2) is 16.0. The SMILES string of the molecule is Cc1ccc(S(=O)(=O)N(CC(=O)N(Cc2ccccc2F)C(Cc2ccccc2)C(=O)NC2CCCCC2)c2cc(Cl)cc(Cl)c2)cc1. The molecule has 252 valence electrons. The molecule has 5 rings (SSSR count). The van der Waals surface area contributed by atoms with Crippen molar-refractivity contribution >= 4 is 50.7 Å². The number of rotatable bonds is 12. The highest BCUT2D eigenvalue weighted by Crippen LogP contribution is 2.31. The lowest BCUT2D eigenvalue weighted by atomic mass is 9.94. The maximum Gasteiger partial charge on any atom is 0.264 e. The molecule has 0 radical (unpaired) electrons. The molecule has 1 unspecified atom stereocenters. The lowest BCUT2D eigenvalue weighted by molar-refractivity contribution is -0.140. The van der Waals surface area contributed by atoms with Gasteiger partial charge in [-0.05, 0) is 61.7 Å². The van der Waals surface area contributed by atoms with Crippen LogP contribution in [0.5, 0.6) is 0 Å². The maximum atomic E-state index is 15.2. The van der Waals surface area contributed by atoms with Gasteiger partial charge in [0.25, 0.3) is 10.0 Å². The highest BCUT2D eigenvalue weighted by molar-refractivity contribution is 7.92. The van der Waals surface area contributed by atoms with Crippen LogP contribution >= 0.6 is 23.2 Å². The molecule has 0 aliphatic heterocycles. The van der Waals surface area contributed by atoms with E-state index in [9.17, 15) is 18.0 Å². The van der Waals surface area contributed by atoms with Gasteiger partial charge in [0.05, 0.1) is 10.6 Å². The second-order valence-electron chi connectivity index (χ2n) is 12.1. The number of benzene rings is 4. The van der Waals surface area contributed by atoms with Gasteiger partial charge in [-0.25, -0.2) is 12.8 Å². The van der Waals surface area contributed by atoms with Crippen molar-refractivity contribution in [2.24, 2.45) is 0 Å². The maximum absolute atomic E-state index is 15.2. The number of hydrogen-bond donors (Lipinski definition) is 1. The molecule has 7 nitrogen and oxygen atoms in total. The van der Waals surface area contributed by atoms with Crippen LogP contribution in [0.4, 0.5) is 10.1 Å². The quantitative estimate of drug-likeness (QED) is 0.163. The summed E-state index contributed by atoms with van der Waals surface area (Å²) < 4.78 is 44.5. The van der Waals surface area contributed by atoms with Crippen molar-refractivity contribution in [1.29, 1.82) is 0 Å². The van der Waals surface area contributed by atoms with Crippen molar-refractivity contribution in [1.82, 2.24) is 10.2 Å². The van der Waals surface area contributed by atoms with Crippen LogP contribution in [0.3, 0.4) is 0 Å². The van der Waals surface area contributed by atoms with Gasteiger partial charge < -0.3 is 10.2 Å². The topological polar surface area (TPSA) is 86.8 Å². The first-order valence-electron chi connectivity index (χ1n) is 15.9. The third-order valence-electron chi connectivity index (χ3n) is 8.54. The fraction of sp³-hybridized carbons (Fsp3) is 0.297. The number of carbonyl (C=O) groups excluding carboxylic acids is 2. The van der Waals surface area contributed by atoms with E-state index in [0.717, 1.165) is 47.5 Å². The molecule has 1 N–H and O–H groups in total. The minimum absolute atomic E-state index is 0.0477. The van der Waals surface area contributed by atoms with Crippen molar-refractivity contribution in [2.45, 2.75) is 69.0 Å². The predicted molar refractivity (Wildman–Crippen MR) is 188 cm³/mol. The number of carbonyl (C=O) groups is 2. The van der Waals surface area contributed by atoms with Crippen molar-refractivity contribution < 1.29 is 22.4 Å². The Morgan fingerprint density at radius 1 is 0.875 bits per heavy atom. The summed E-state index contributed by atoms with van der Waals surface area (Å²) in [4.78, 5) is 30.0. The van der Waals surface area contributed by atoms with Crippen LogP contribution in [0.15, 0.2) is 102 Å². The van der Waals surface area contributed by atoms with Crippen molar-refractivity contribution in [3.05, 3.63) is 130 Å². The molecule has 1 atom stereocenters. The monoisotopic (exact) mass is 709 g/mol. The van der Waals surface area contributed by atoms with E-state index in [-0.39, 0.29) is 51.1 Å². The summed E-state index contributed by atoms with van der Waals surface area (Å²) in [5.41, 5.74) is 1.90. The second-order valence-corrected chi connectivity index (χ2v) is 14.8. The molecule has 48 heavy (non-hydrogen) atoms. The van der Waals surface area contributed by atoms with Gasteiger partial charge in [-0.3, -0.25) is 13.9 Å². The molecule has 0 heterocycles. The molecule has 11 heteroatoms. The van der Waals surface area contributed by atoms with Crippen LogP contribution in [-0.2, 0) is 32.6 Å². The number of amides is 2. The lowest BCUT2D eigenvalue weighted by Gasteiger charge is -2.35. The van der Waals surface area contributed by atoms with E-state index in [2.05, 4.69) is 5.32 Å². The molecule has 0 saturated heterocycles. The number of halogens is 3. The third-order valence-corrected chi connectivity index (χ3v) is 10.8. The van der Waals surface area contributed by atoms with Gasteiger partial charge in [-0.2, -0.15) is 0 Å². The normalized spacial score (nSPS) is 14.2. The van der Waals surface area contributed by atoms with E-state index in [1.807, 2.05) is 37.3 Å². The first kappa shape index (κ1) is 35.4. The molecule has 1 fully saturated rings. The van der Waals surface area contributed by atoms with Crippen LogP contribution < -0.4 is 9.62 Å². The van der Waals surface area contributed by atoms with E-state index >= 15 is 4.39 Å². The number of hydrogen-bond acceptors (Lipinski definition) is 4. The van der Waals surface area contributed by atoms with E-state index in [1.54, 1.807) is 30.3 Å². The summed E-state index contributed by atoms with van der Waals surface area (Å²) in [6.07, 6.45) is 4.84. The van der Waals surface area contributed by atoms with E-state index in [0.29, 0.717) is 0 Å². The Labute approximate surface area is 291 Å². The van der Waals surface area contributed by atoms with E-state index < -0.39 is 34.3 Å². The first-order chi connectivity index (χ1) is 23.0. The molecule has 0 spiro atoms. The summed E-state index contributed by atoms with van der Waals surface area (Å²) in [6.45, 7) is 0.861. The van der Waals surface area contributed by atoms with Crippen molar-refractivity contribution in [3.63, 3.8) is 0 Å². The Morgan fingerprint density at radius 2 is 1.50 bits per heavy atom. The fourth-order valence-corrected chi connectivity index (χ4v) is 7.87. The largest absolute Gasteiger partial charge is 0.352 e. The summed E-state index contributed by atoms with van der Waals surface area (Å²) in [7, 11) is -4.35. The van der Waals surface area contributed by atoms with Crippen LogP contribution in [0.25, 0.3) is 0 Å². The number of nitrogens with zero attached hydrogens (tertiary/aromatic N) is 2. The van der Waals surface area contributed by atoms with Gasteiger partial charge in [0, 0.05) is 34.6 Å². The number of anilines is 1. The van der Waals surface area contributed by atoms with Crippen LogP contribution in [0, 0.1) is 12.7 Å². The van der Waals surface area contributed by atoms with Gasteiger partial charge >= 0.3 is 0 Å². The number of sulfonamides is 1. The summed E-state index contributed by atoms with van der Waals surface area (Å²) >= 11 is 12.6. The first-order valence-corrected chi connectivity index (χ1v) is 18.1. The van der Waals surface area contributed by atoms with Gasteiger partial charge in [0.15, 0.2) is 0 Å². The minimum atomic E-state index is -4.35. The van der Waals surface area contributed by atoms with E-state index in [4.69, 9.17) is 23.2 Å². The molecule has 0 aromatic heterocycles. The number of aryl methyl sites for hydroxylation is 1. The van der Waals surface area contributed by atoms with Crippen LogP contribution in [0.2, 0.25) is 10.0 Å². The molecule has 1 aliphatic rings. The van der Waals surface area contributed by atoms with Crippen LogP contribution in [0.1, 0.15) is 48.8 Å². The zero-order valence-corrected chi connectivity index (χ0v) is 28.9. The smallest absolute Gasteiger partial charge is 0.264 e. The fourth-order valence-electron chi connectivity index (χ4n) is 5.96. The summed E-state index contributed by atoms with van der Waals surface area (Å²) in [5, 5.41) is 3.49. The summed E-state index contributed by atoms with van der Waals surface area (Å²) in [6, 6.07) is 24.7. The van der Waals surface area contributed by atoms with Gasteiger partial charge in [-0.1, -0.05) is 109 Å². The third kappa shape index (κ3) is 8.95. The molecular weight excluding hydrogens is 672 g/mol. The Balaban J connectivity index is 1.59. The van der Waals surface area contributed by atoms with Gasteiger partial charge in [0.1, 0.15) is 18.4 Å². The molecule has 4 aromatic rings. The van der Waals surface area contributed by atoms with Gasteiger partial charge in [-0.15, -0.1) is 0 Å². The average Bonchev–Trinajstić information content (AvgIpc) is 3.06. The molecular formula is C37H38Cl2FN3O4S. The Hall–Kier alpha value is -3.92. The van der Waals surface area contributed by atoms with Crippen molar-refractivity contribution in [2.75, 3.05) is 10.8 Å². The summed E-state index contributed by atoms with van der Waals surface area (Å²) in [5.74, 6) is -1.63. The minimum Gasteiger partial charge on any atom is -0.352 e. The Bertz CT molecular complexity index is 1820. The predicted octanol–water partition coefficient (Wildman–Crippen LogP) is 7.73. The molecule has 1 aliphatic carbocycles. The Kier molecular flexibility index (Phi) is 11.8. The zero-order valence-electron chi connectivity index (χ0n) is 26.6. The molecule has 4 aromatic carbocycles. The zero-order chi connectivity index (χ0) is 34.3. The van der Waals surface area contributed by atoms with Crippen LogP contribution in [-0.4, -0.2) is 43.8 Å². The molecule has 0 bridgehead atoms. The highest BCUT2D eigenvalue weighted by atomic mass is 35.5. The average molecular weight is 711 g/mol. The van der Waals surface area contributed by atoms with Gasteiger partial charge in [0.2, 0.25) is 11.8 Å². The molecule has 1 saturated carbocycles. The Morgan fingerprint density at radius 3 is 2.15 bits per heavy atom. The standard InChI is InChI=1S/C37H38Cl2FN3O4S/c1-26-16-18-33(19-17-26)48(46,47)43(32-22-29(38)21-30(39)23-32)25-36(44)42(24-28-12-8-9-15-34(28)40)35(20-27-10-4-2-5-11-27)37(45)41-31-13-6-3-7-14-31/h2,4-5,8-12,15-19,21-23,31,35H,3,6-7,13-14,20,24-25H2,1H3,(H,41,45). The van der Waals surface area contributed by atoms with Crippen molar-refractivity contribution in [3.8, 4) is 0 Å². The number of nitrogens with one attached hydrogen (secondary N) is 1.